The molecular formula is C23H26F3N3O2. The minimum atomic E-state index is -1.29. The number of carbonyl (C=O) groups is 1. The fourth-order valence-electron chi connectivity index (χ4n) is 3.36. The quantitative estimate of drug-likeness (QED) is 0.399. The van der Waals surface area contributed by atoms with Gasteiger partial charge >= 0.3 is 0 Å². The molecule has 2 heterocycles. The first-order chi connectivity index (χ1) is 14.5. The van der Waals surface area contributed by atoms with Crippen molar-refractivity contribution in [3.05, 3.63) is 64.1 Å². The average Bonchev–Trinajstić information content (AvgIpc) is 3.04. The summed E-state index contributed by atoms with van der Waals surface area (Å²) in [7, 11) is 0. The fourth-order valence-corrected chi connectivity index (χ4v) is 3.36. The molecule has 0 aliphatic carbocycles. The fraction of sp³-hybridized carbons (Fsp3) is 0.391. The van der Waals surface area contributed by atoms with E-state index in [2.05, 4.69) is 5.10 Å². The van der Waals surface area contributed by atoms with Gasteiger partial charge in [-0.2, -0.15) is 5.10 Å². The number of pyridine rings is 1. The Balaban J connectivity index is 1.94. The van der Waals surface area contributed by atoms with Crippen LogP contribution in [-0.4, -0.2) is 20.9 Å². The Morgan fingerprint density at radius 2 is 1.87 bits per heavy atom. The molecule has 1 aromatic carbocycles. The van der Waals surface area contributed by atoms with Gasteiger partial charge in [0.1, 0.15) is 12.4 Å². The lowest BCUT2D eigenvalue weighted by Gasteiger charge is -2.21. The molecule has 3 aromatic rings. The molecular weight excluding hydrogens is 407 g/mol. The van der Waals surface area contributed by atoms with E-state index in [0.29, 0.717) is 23.2 Å². The minimum absolute atomic E-state index is 0.0867. The lowest BCUT2D eigenvalue weighted by Crippen LogP contribution is -2.35. The highest BCUT2D eigenvalue weighted by atomic mass is 19.2. The summed E-state index contributed by atoms with van der Waals surface area (Å²) in [5.74, 6) is -3.25. The third-order valence-electron chi connectivity index (χ3n) is 5.53. The zero-order valence-corrected chi connectivity index (χ0v) is 18.1. The number of ether oxygens (including phenoxy) is 1. The number of hydrogen-bond donors (Lipinski definition) is 1. The van der Waals surface area contributed by atoms with Crippen molar-refractivity contribution in [2.75, 3.05) is 0 Å². The van der Waals surface area contributed by atoms with Gasteiger partial charge in [-0.15, -0.1) is 0 Å². The highest BCUT2D eigenvalue weighted by Crippen LogP contribution is 2.27. The van der Waals surface area contributed by atoms with E-state index in [1.807, 2.05) is 13.8 Å². The first kappa shape index (κ1) is 22.8. The Morgan fingerprint density at radius 3 is 2.55 bits per heavy atom. The Labute approximate surface area is 179 Å². The van der Waals surface area contributed by atoms with Crippen molar-refractivity contribution in [1.29, 1.82) is 0 Å². The summed E-state index contributed by atoms with van der Waals surface area (Å²) in [5.41, 5.74) is 7.50. The van der Waals surface area contributed by atoms with Crippen LogP contribution >= 0.6 is 0 Å². The Hall–Kier alpha value is -2.87. The van der Waals surface area contributed by atoms with Crippen LogP contribution in [0.2, 0.25) is 0 Å². The van der Waals surface area contributed by atoms with Crippen molar-refractivity contribution in [1.82, 2.24) is 9.61 Å². The summed E-state index contributed by atoms with van der Waals surface area (Å²) in [6.07, 6.45) is 1.55. The van der Waals surface area contributed by atoms with E-state index in [9.17, 15) is 18.0 Å². The normalized spacial score (nSPS) is 13.4. The number of rotatable bonds is 8. The molecule has 0 saturated carbocycles. The molecule has 0 amide bonds. The molecule has 0 fully saturated rings. The maximum absolute atomic E-state index is 14.0. The maximum Gasteiger partial charge on any atom is 0.215 e. The molecule has 5 nitrogen and oxygen atoms in total. The summed E-state index contributed by atoms with van der Waals surface area (Å²) < 4.78 is 48.4. The van der Waals surface area contributed by atoms with Crippen LogP contribution in [0, 0.1) is 31.3 Å². The Kier molecular flexibility index (Phi) is 6.40. The van der Waals surface area contributed by atoms with Gasteiger partial charge in [-0.25, -0.2) is 17.7 Å². The minimum Gasteiger partial charge on any atom is -0.473 e. The SMILES string of the molecule is CCC(C)(N)CCC(=O)c1c(C)nn2c(OCc3c(F)ccc(F)c3F)cc(C)cc12. The van der Waals surface area contributed by atoms with Crippen LogP contribution in [0.5, 0.6) is 5.88 Å². The van der Waals surface area contributed by atoms with Crippen molar-refractivity contribution in [3.8, 4) is 5.88 Å². The molecule has 31 heavy (non-hydrogen) atoms. The molecule has 0 aliphatic heterocycles. The van der Waals surface area contributed by atoms with Gasteiger partial charge in [-0.05, 0) is 57.4 Å². The van der Waals surface area contributed by atoms with E-state index in [1.54, 1.807) is 26.0 Å². The number of Topliss-reactive ketones (excluding diaryl/α,β-unsaturated/α-hetero) is 1. The summed E-state index contributed by atoms with van der Waals surface area (Å²) in [6, 6.07) is 5.00. The van der Waals surface area contributed by atoms with Crippen LogP contribution < -0.4 is 10.5 Å². The number of aryl methyl sites for hydroxylation is 2. The smallest absolute Gasteiger partial charge is 0.215 e. The number of halogens is 3. The number of aromatic nitrogens is 2. The van der Waals surface area contributed by atoms with Gasteiger partial charge in [-0.1, -0.05) is 6.92 Å². The van der Waals surface area contributed by atoms with Gasteiger partial charge in [0.15, 0.2) is 17.4 Å². The molecule has 2 N–H and O–H groups in total. The number of nitrogens with zero attached hydrogens (tertiary/aromatic N) is 2. The van der Waals surface area contributed by atoms with Crippen LogP contribution in [0.15, 0.2) is 24.3 Å². The summed E-state index contributed by atoms with van der Waals surface area (Å²) in [6.45, 7) is 6.87. The number of fused-ring (bicyclic) bond motifs is 1. The molecule has 0 radical (unpaired) electrons. The molecule has 8 heteroatoms. The largest absolute Gasteiger partial charge is 0.473 e. The van der Waals surface area contributed by atoms with Crippen LogP contribution in [0.4, 0.5) is 13.2 Å². The average molecular weight is 433 g/mol. The first-order valence-corrected chi connectivity index (χ1v) is 10.1. The first-order valence-electron chi connectivity index (χ1n) is 10.1. The Bertz CT molecular complexity index is 1140. The number of nitrogens with two attached hydrogens (primary N) is 1. The predicted molar refractivity (Wildman–Crippen MR) is 112 cm³/mol. The summed E-state index contributed by atoms with van der Waals surface area (Å²) in [5, 5.41) is 4.39. The van der Waals surface area contributed by atoms with Crippen molar-refractivity contribution >= 4 is 11.3 Å². The molecule has 0 spiro atoms. The van der Waals surface area contributed by atoms with Gasteiger partial charge < -0.3 is 10.5 Å². The van der Waals surface area contributed by atoms with Crippen molar-refractivity contribution in [2.45, 2.75) is 59.1 Å². The van der Waals surface area contributed by atoms with E-state index in [4.69, 9.17) is 10.5 Å². The van der Waals surface area contributed by atoms with E-state index >= 15 is 0 Å². The van der Waals surface area contributed by atoms with Crippen LogP contribution in [0.25, 0.3) is 5.52 Å². The van der Waals surface area contributed by atoms with Crippen molar-refractivity contribution in [2.24, 2.45) is 5.73 Å². The molecule has 0 aliphatic rings. The second kappa shape index (κ2) is 8.70. The van der Waals surface area contributed by atoms with E-state index in [-0.39, 0.29) is 18.1 Å². The van der Waals surface area contributed by atoms with Crippen LogP contribution in [-0.2, 0) is 6.61 Å². The van der Waals surface area contributed by atoms with Gasteiger partial charge in [0.2, 0.25) is 5.88 Å². The summed E-state index contributed by atoms with van der Waals surface area (Å²) >= 11 is 0. The maximum atomic E-state index is 14.0. The number of benzene rings is 1. The number of carbonyl (C=O) groups excluding carboxylic acids is 1. The van der Waals surface area contributed by atoms with Gasteiger partial charge in [0.05, 0.1) is 22.3 Å². The second-order valence-electron chi connectivity index (χ2n) is 8.17. The zero-order valence-electron chi connectivity index (χ0n) is 18.1. The van der Waals surface area contributed by atoms with Crippen molar-refractivity contribution in [3.63, 3.8) is 0 Å². The topological polar surface area (TPSA) is 69.6 Å². The zero-order chi connectivity index (χ0) is 22.9. The summed E-state index contributed by atoms with van der Waals surface area (Å²) in [4.78, 5) is 12.9. The Morgan fingerprint density at radius 1 is 1.19 bits per heavy atom. The van der Waals surface area contributed by atoms with Gasteiger partial charge in [0, 0.05) is 18.0 Å². The monoisotopic (exact) mass is 433 g/mol. The highest BCUT2D eigenvalue weighted by molar-refractivity contribution is 6.03. The van der Waals surface area contributed by atoms with Crippen LogP contribution in [0.1, 0.15) is 60.3 Å². The second-order valence-corrected chi connectivity index (χ2v) is 8.17. The van der Waals surface area contributed by atoms with Gasteiger partial charge in [0.25, 0.3) is 0 Å². The highest BCUT2D eigenvalue weighted by Gasteiger charge is 2.23. The third kappa shape index (κ3) is 4.74. The number of ketones is 1. The molecule has 1 unspecified atom stereocenters. The molecule has 2 aromatic heterocycles. The molecule has 166 valence electrons. The molecule has 0 saturated heterocycles. The lowest BCUT2D eigenvalue weighted by atomic mass is 9.91. The molecule has 0 bridgehead atoms. The van der Waals surface area contributed by atoms with Crippen molar-refractivity contribution < 1.29 is 22.7 Å². The lowest BCUT2D eigenvalue weighted by molar-refractivity contribution is 0.0972. The van der Waals surface area contributed by atoms with Gasteiger partial charge in [-0.3, -0.25) is 4.79 Å². The van der Waals surface area contributed by atoms with E-state index < -0.39 is 35.2 Å². The number of hydrogen-bond acceptors (Lipinski definition) is 4. The third-order valence-corrected chi connectivity index (χ3v) is 5.53. The standard InChI is InChI=1S/C23H26F3N3O2/c1-5-23(4,27)9-8-19(30)21-14(3)28-29-18(21)10-13(2)11-20(29)31-12-15-16(24)6-7-17(25)22(15)26/h6-7,10-11H,5,8-9,12,27H2,1-4H3. The predicted octanol–water partition coefficient (Wildman–Crippen LogP) is 5.04. The molecule has 1 atom stereocenters. The van der Waals surface area contributed by atoms with E-state index in [0.717, 1.165) is 24.1 Å². The molecule has 3 rings (SSSR count). The van der Waals surface area contributed by atoms with E-state index in [1.165, 1.54) is 4.52 Å². The van der Waals surface area contributed by atoms with Crippen LogP contribution in [0.3, 0.4) is 0 Å².